The fourth-order valence-corrected chi connectivity index (χ4v) is 1.96. The summed E-state index contributed by atoms with van der Waals surface area (Å²) in [5, 5.41) is 3.82. The van der Waals surface area contributed by atoms with Crippen LogP contribution >= 0.6 is 11.6 Å². The van der Waals surface area contributed by atoms with Gasteiger partial charge >= 0.3 is 0 Å². The van der Waals surface area contributed by atoms with Crippen LogP contribution in [0.25, 0.3) is 0 Å². The van der Waals surface area contributed by atoms with Gasteiger partial charge in [-0.05, 0) is 26.7 Å². The van der Waals surface area contributed by atoms with Crippen molar-refractivity contribution in [1.29, 1.82) is 0 Å². The number of hydrogen-bond acceptors (Lipinski definition) is 4. The van der Waals surface area contributed by atoms with Crippen molar-refractivity contribution in [2.75, 3.05) is 19.0 Å². The van der Waals surface area contributed by atoms with E-state index < -0.39 is 0 Å². The smallest absolute Gasteiger partial charge is 0.135 e. The molecule has 17 heavy (non-hydrogen) atoms. The summed E-state index contributed by atoms with van der Waals surface area (Å²) < 4.78 is 5.16. The maximum absolute atomic E-state index is 6.01. The lowest BCUT2D eigenvalue weighted by molar-refractivity contribution is 0.158. The lowest BCUT2D eigenvalue weighted by atomic mass is 10.1. The lowest BCUT2D eigenvalue weighted by Gasteiger charge is -2.26. The predicted octanol–water partition coefficient (Wildman–Crippen LogP) is 2.84. The Labute approximate surface area is 107 Å². The van der Waals surface area contributed by atoms with Crippen LogP contribution in [0.2, 0.25) is 5.15 Å². The zero-order valence-electron chi connectivity index (χ0n) is 10.5. The molecule has 0 radical (unpaired) electrons. The third kappa shape index (κ3) is 3.54. The molecule has 0 amide bonds. The van der Waals surface area contributed by atoms with Crippen LogP contribution in [0.1, 0.15) is 38.4 Å². The molecule has 1 aromatic heterocycles. The average molecular weight is 256 g/mol. The van der Waals surface area contributed by atoms with E-state index >= 15 is 0 Å². The molecule has 0 spiro atoms. The summed E-state index contributed by atoms with van der Waals surface area (Å²) in [5.74, 6) is 2.13. The first kappa shape index (κ1) is 12.6. The SMILES string of the molecule is COCC(C)(C)Nc1cc(Cl)nc(C2CC2)n1. The zero-order chi connectivity index (χ0) is 12.5. The molecule has 5 heteroatoms. The molecule has 1 saturated carbocycles. The normalized spacial score (nSPS) is 16.0. The molecule has 4 nitrogen and oxygen atoms in total. The Morgan fingerprint density at radius 1 is 1.47 bits per heavy atom. The summed E-state index contributed by atoms with van der Waals surface area (Å²) in [7, 11) is 1.69. The largest absolute Gasteiger partial charge is 0.382 e. The van der Waals surface area contributed by atoms with Gasteiger partial charge in [0.2, 0.25) is 0 Å². The molecule has 1 heterocycles. The van der Waals surface area contributed by atoms with Gasteiger partial charge < -0.3 is 10.1 Å². The number of ether oxygens (including phenoxy) is 1. The van der Waals surface area contributed by atoms with Gasteiger partial charge in [-0.2, -0.15) is 0 Å². The molecule has 2 rings (SSSR count). The number of nitrogens with zero attached hydrogens (tertiary/aromatic N) is 2. The summed E-state index contributed by atoms with van der Waals surface area (Å²) >= 11 is 6.01. The summed E-state index contributed by atoms with van der Waals surface area (Å²) in [6.45, 7) is 4.72. The maximum Gasteiger partial charge on any atom is 0.135 e. The van der Waals surface area contributed by atoms with Crippen molar-refractivity contribution >= 4 is 17.4 Å². The molecule has 0 aliphatic heterocycles. The van der Waals surface area contributed by atoms with Crippen LogP contribution in [0.3, 0.4) is 0 Å². The second-order valence-electron chi connectivity index (χ2n) is 5.15. The topological polar surface area (TPSA) is 47.0 Å². The minimum absolute atomic E-state index is 0.173. The molecule has 0 aromatic carbocycles. The van der Waals surface area contributed by atoms with E-state index in [1.807, 2.05) is 0 Å². The van der Waals surface area contributed by atoms with Crippen molar-refractivity contribution in [3.63, 3.8) is 0 Å². The van der Waals surface area contributed by atoms with Crippen LogP contribution in [0.15, 0.2) is 6.07 Å². The van der Waals surface area contributed by atoms with Gasteiger partial charge in [-0.3, -0.25) is 0 Å². The molecule has 0 saturated heterocycles. The van der Waals surface area contributed by atoms with E-state index in [0.717, 1.165) is 11.6 Å². The van der Waals surface area contributed by atoms with Crippen LogP contribution in [0, 0.1) is 0 Å². The summed E-state index contributed by atoms with van der Waals surface area (Å²) in [6, 6.07) is 1.75. The van der Waals surface area contributed by atoms with E-state index in [1.165, 1.54) is 12.8 Å². The van der Waals surface area contributed by atoms with Crippen molar-refractivity contribution in [2.45, 2.75) is 38.1 Å². The average Bonchev–Trinajstić information content (AvgIpc) is 2.97. The van der Waals surface area contributed by atoms with E-state index in [9.17, 15) is 0 Å². The van der Waals surface area contributed by atoms with Gasteiger partial charge in [-0.15, -0.1) is 0 Å². The van der Waals surface area contributed by atoms with Crippen molar-refractivity contribution < 1.29 is 4.74 Å². The minimum Gasteiger partial charge on any atom is -0.382 e. The standard InChI is InChI=1S/C12H18ClN3O/c1-12(2,7-17-3)16-10-6-9(13)14-11(15-10)8-4-5-8/h6,8H,4-5,7H2,1-3H3,(H,14,15,16). The van der Waals surface area contributed by atoms with E-state index in [4.69, 9.17) is 16.3 Å². The third-order valence-electron chi connectivity index (χ3n) is 2.63. The van der Waals surface area contributed by atoms with Gasteiger partial charge in [0.1, 0.15) is 16.8 Å². The Balaban J connectivity index is 2.14. The molecule has 1 aliphatic rings. The number of halogens is 1. The lowest BCUT2D eigenvalue weighted by Crippen LogP contribution is -2.36. The third-order valence-corrected chi connectivity index (χ3v) is 2.82. The first-order valence-corrected chi connectivity index (χ1v) is 6.19. The Hall–Kier alpha value is -0.870. The second kappa shape index (κ2) is 4.78. The number of nitrogens with one attached hydrogen (secondary N) is 1. The van der Waals surface area contributed by atoms with Gasteiger partial charge in [-0.25, -0.2) is 9.97 Å². The van der Waals surface area contributed by atoms with Crippen LogP contribution in [0.5, 0.6) is 0 Å². The van der Waals surface area contributed by atoms with E-state index in [2.05, 4.69) is 29.1 Å². The number of methoxy groups -OCH3 is 1. The molecule has 1 aromatic rings. The highest BCUT2D eigenvalue weighted by Gasteiger charge is 2.28. The highest BCUT2D eigenvalue weighted by Crippen LogP contribution is 2.38. The highest BCUT2D eigenvalue weighted by molar-refractivity contribution is 6.29. The van der Waals surface area contributed by atoms with Gasteiger partial charge in [0.15, 0.2) is 0 Å². The predicted molar refractivity (Wildman–Crippen MR) is 68.6 cm³/mol. The fraction of sp³-hybridized carbons (Fsp3) is 0.667. The van der Waals surface area contributed by atoms with Crippen LogP contribution in [-0.4, -0.2) is 29.2 Å². The molecule has 1 aliphatic carbocycles. The van der Waals surface area contributed by atoms with Gasteiger partial charge in [0.25, 0.3) is 0 Å². The number of anilines is 1. The Morgan fingerprint density at radius 2 is 2.18 bits per heavy atom. The first-order valence-electron chi connectivity index (χ1n) is 5.82. The minimum atomic E-state index is -0.173. The van der Waals surface area contributed by atoms with Crippen LogP contribution < -0.4 is 5.32 Å². The van der Waals surface area contributed by atoms with Crippen molar-refractivity contribution in [1.82, 2.24) is 9.97 Å². The van der Waals surface area contributed by atoms with Crippen LogP contribution in [0.4, 0.5) is 5.82 Å². The fourth-order valence-electron chi connectivity index (χ4n) is 1.77. The zero-order valence-corrected chi connectivity index (χ0v) is 11.2. The molecule has 1 N–H and O–H groups in total. The van der Waals surface area contributed by atoms with Crippen molar-refractivity contribution in [3.8, 4) is 0 Å². The number of hydrogen-bond donors (Lipinski definition) is 1. The van der Waals surface area contributed by atoms with Gasteiger partial charge in [0, 0.05) is 19.1 Å². The number of rotatable bonds is 5. The van der Waals surface area contributed by atoms with E-state index in [-0.39, 0.29) is 5.54 Å². The molecule has 0 bridgehead atoms. The Bertz CT molecular complexity index is 405. The summed E-state index contributed by atoms with van der Waals surface area (Å²) in [5.41, 5.74) is -0.173. The molecule has 0 unspecified atom stereocenters. The molecular weight excluding hydrogens is 238 g/mol. The quantitative estimate of drug-likeness (QED) is 0.822. The van der Waals surface area contributed by atoms with Crippen LogP contribution in [-0.2, 0) is 4.74 Å². The van der Waals surface area contributed by atoms with E-state index in [1.54, 1.807) is 13.2 Å². The molecule has 1 fully saturated rings. The molecule has 94 valence electrons. The maximum atomic E-state index is 6.01. The molecular formula is C12H18ClN3O. The number of aromatic nitrogens is 2. The van der Waals surface area contributed by atoms with Crippen molar-refractivity contribution in [2.24, 2.45) is 0 Å². The Kier molecular flexibility index (Phi) is 3.54. The van der Waals surface area contributed by atoms with Gasteiger partial charge in [0.05, 0.1) is 12.1 Å². The van der Waals surface area contributed by atoms with E-state index in [0.29, 0.717) is 17.7 Å². The summed E-state index contributed by atoms with van der Waals surface area (Å²) in [6.07, 6.45) is 2.34. The summed E-state index contributed by atoms with van der Waals surface area (Å²) in [4.78, 5) is 8.76. The first-order chi connectivity index (χ1) is 8.00. The molecule has 0 atom stereocenters. The van der Waals surface area contributed by atoms with Gasteiger partial charge in [-0.1, -0.05) is 11.6 Å². The highest BCUT2D eigenvalue weighted by atomic mass is 35.5. The van der Waals surface area contributed by atoms with Crippen molar-refractivity contribution in [3.05, 3.63) is 17.0 Å². The Morgan fingerprint density at radius 3 is 2.76 bits per heavy atom. The second-order valence-corrected chi connectivity index (χ2v) is 5.54. The monoisotopic (exact) mass is 255 g/mol.